The summed E-state index contributed by atoms with van der Waals surface area (Å²) in [6, 6.07) is 11.1. The topological polar surface area (TPSA) is 30.9 Å². The Morgan fingerprint density at radius 1 is 1.28 bits per heavy atom. The average Bonchev–Trinajstić information content (AvgIpc) is 3.02. The van der Waals surface area contributed by atoms with Crippen molar-refractivity contribution >= 4 is 29.9 Å². The molecule has 25 heavy (non-hydrogen) atoms. The van der Waals surface area contributed by atoms with Crippen molar-refractivity contribution in [2.45, 2.75) is 45.2 Å². The Balaban J connectivity index is 0.00000225. The van der Waals surface area contributed by atoms with E-state index in [1.165, 1.54) is 37.8 Å². The number of benzene rings is 1. The minimum absolute atomic E-state index is 0. The molecule has 2 fully saturated rings. The summed E-state index contributed by atoms with van der Waals surface area (Å²) < 4.78 is 0. The van der Waals surface area contributed by atoms with Crippen molar-refractivity contribution in [3.63, 3.8) is 0 Å². The second-order valence-electron chi connectivity index (χ2n) is 7.70. The van der Waals surface area contributed by atoms with E-state index in [0.29, 0.717) is 11.5 Å². The van der Waals surface area contributed by atoms with Crippen LogP contribution < -0.4 is 5.32 Å². The molecule has 5 heteroatoms. The van der Waals surface area contributed by atoms with Gasteiger partial charge in [0, 0.05) is 39.3 Å². The van der Waals surface area contributed by atoms with E-state index in [-0.39, 0.29) is 24.0 Å². The summed E-state index contributed by atoms with van der Waals surface area (Å²) in [6.07, 6.45) is 5.59. The maximum absolute atomic E-state index is 4.52. The molecule has 4 nitrogen and oxygen atoms in total. The van der Waals surface area contributed by atoms with Gasteiger partial charge in [0.05, 0.1) is 0 Å². The third-order valence-corrected chi connectivity index (χ3v) is 5.95. The number of halogens is 1. The summed E-state index contributed by atoms with van der Waals surface area (Å²) >= 11 is 0. The lowest BCUT2D eigenvalue weighted by Crippen LogP contribution is -2.47. The molecule has 0 aromatic heterocycles. The fraction of sp³-hybridized carbons (Fsp3) is 0.650. The summed E-state index contributed by atoms with van der Waals surface area (Å²) in [5.74, 6) is 1.08. The van der Waals surface area contributed by atoms with E-state index in [1.54, 1.807) is 0 Å². The molecule has 1 spiro atoms. The molecule has 1 heterocycles. The molecule has 1 aliphatic heterocycles. The molecule has 1 saturated carbocycles. The Kier molecular flexibility index (Phi) is 7.55. The number of nitrogens with one attached hydrogen (secondary N) is 1. The van der Waals surface area contributed by atoms with Gasteiger partial charge >= 0.3 is 0 Å². The lowest BCUT2D eigenvalue weighted by atomic mass is 9.68. The van der Waals surface area contributed by atoms with Crippen molar-refractivity contribution in [3.8, 4) is 0 Å². The van der Waals surface area contributed by atoms with Crippen LogP contribution in [0.1, 0.15) is 38.2 Å². The standard InChI is InChI=1S/C20H32N4.HI/c1-17(23(3)15-18-8-5-4-6-9-18)14-22-19(21-2)24-13-12-20(16-24)10-7-11-20;/h4-6,8-9,17H,7,10-16H2,1-3H3,(H,21,22);1H. The molecular formula is C20H33IN4. The van der Waals surface area contributed by atoms with Crippen molar-refractivity contribution in [1.82, 2.24) is 15.1 Å². The molecule has 0 radical (unpaired) electrons. The number of rotatable bonds is 5. The van der Waals surface area contributed by atoms with E-state index >= 15 is 0 Å². The van der Waals surface area contributed by atoms with Gasteiger partial charge in [0.2, 0.25) is 0 Å². The van der Waals surface area contributed by atoms with Crippen LogP contribution in [0.25, 0.3) is 0 Å². The smallest absolute Gasteiger partial charge is 0.193 e. The van der Waals surface area contributed by atoms with Crippen molar-refractivity contribution in [1.29, 1.82) is 0 Å². The van der Waals surface area contributed by atoms with Crippen LogP contribution in [-0.2, 0) is 6.54 Å². The molecule has 1 atom stereocenters. The fourth-order valence-electron chi connectivity index (χ4n) is 3.96. The van der Waals surface area contributed by atoms with Gasteiger partial charge in [0.15, 0.2) is 5.96 Å². The van der Waals surface area contributed by atoms with Crippen LogP contribution in [0.4, 0.5) is 0 Å². The Bertz CT molecular complexity index is 556. The van der Waals surface area contributed by atoms with Gasteiger partial charge in [-0.2, -0.15) is 0 Å². The van der Waals surface area contributed by atoms with E-state index in [4.69, 9.17) is 0 Å². The molecular weight excluding hydrogens is 423 g/mol. The molecule has 3 rings (SSSR count). The number of guanidine groups is 1. The van der Waals surface area contributed by atoms with Crippen LogP contribution in [-0.4, -0.2) is 55.5 Å². The monoisotopic (exact) mass is 456 g/mol. The third kappa shape index (κ3) is 5.09. The van der Waals surface area contributed by atoms with Gasteiger partial charge in [0.1, 0.15) is 0 Å². The Labute approximate surface area is 170 Å². The second-order valence-corrected chi connectivity index (χ2v) is 7.70. The lowest BCUT2D eigenvalue weighted by Gasteiger charge is -2.38. The van der Waals surface area contributed by atoms with Crippen LogP contribution in [0.5, 0.6) is 0 Å². The number of hydrogen-bond acceptors (Lipinski definition) is 2. The third-order valence-electron chi connectivity index (χ3n) is 5.95. The highest BCUT2D eigenvalue weighted by atomic mass is 127. The van der Waals surface area contributed by atoms with E-state index in [9.17, 15) is 0 Å². The zero-order valence-corrected chi connectivity index (χ0v) is 18.2. The van der Waals surface area contributed by atoms with Gasteiger partial charge in [0.25, 0.3) is 0 Å². The molecule has 0 amide bonds. The number of likely N-dealkylation sites (N-methyl/N-ethyl adjacent to an activating group) is 1. The zero-order chi connectivity index (χ0) is 17.0. The van der Waals surface area contributed by atoms with Crippen molar-refractivity contribution < 1.29 is 0 Å². The van der Waals surface area contributed by atoms with Gasteiger partial charge in [-0.25, -0.2) is 0 Å². The van der Waals surface area contributed by atoms with E-state index < -0.39 is 0 Å². The molecule has 1 aromatic rings. The minimum atomic E-state index is 0. The van der Waals surface area contributed by atoms with Gasteiger partial charge in [-0.15, -0.1) is 24.0 Å². The quantitative estimate of drug-likeness (QED) is 0.418. The summed E-state index contributed by atoms with van der Waals surface area (Å²) in [5.41, 5.74) is 1.98. The van der Waals surface area contributed by atoms with Gasteiger partial charge in [-0.3, -0.25) is 9.89 Å². The summed E-state index contributed by atoms with van der Waals surface area (Å²) in [5, 5.41) is 3.60. The largest absolute Gasteiger partial charge is 0.355 e. The predicted molar refractivity (Wildman–Crippen MR) is 117 cm³/mol. The van der Waals surface area contributed by atoms with E-state index in [2.05, 4.69) is 64.4 Å². The maximum Gasteiger partial charge on any atom is 0.193 e. The summed E-state index contributed by atoms with van der Waals surface area (Å²) in [4.78, 5) is 9.38. The average molecular weight is 456 g/mol. The van der Waals surface area contributed by atoms with Crippen LogP contribution in [0.2, 0.25) is 0 Å². The first-order valence-electron chi connectivity index (χ1n) is 9.32. The van der Waals surface area contributed by atoms with E-state index in [1.807, 2.05) is 7.05 Å². The number of nitrogens with zero attached hydrogens (tertiary/aromatic N) is 3. The van der Waals surface area contributed by atoms with Crippen molar-refractivity contribution in [2.75, 3.05) is 33.7 Å². The minimum Gasteiger partial charge on any atom is -0.355 e. The first-order valence-corrected chi connectivity index (χ1v) is 9.32. The predicted octanol–water partition coefficient (Wildman–Crippen LogP) is 3.58. The molecule has 1 unspecified atom stereocenters. The molecule has 1 aliphatic carbocycles. The normalized spacial score (nSPS) is 20.3. The first kappa shape index (κ1) is 20.5. The van der Waals surface area contributed by atoms with Gasteiger partial charge < -0.3 is 10.2 Å². The number of likely N-dealkylation sites (tertiary alicyclic amines) is 1. The molecule has 1 saturated heterocycles. The lowest BCUT2D eigenvalue weighted by molar-refractivity contribution is 0.151. The Hall–Kier alpha value is -0.820. The first-order chi connectivity index (χ1) is 11.6. The molecule has 2 aliphatic rings. The molecule has 1 aromatic carbocycles. The summed E-state index contributed by atoms with van der Waals surface area (Å²) in [6.45, 7) is 6.55. The zero-order valence-electron chi connectivity index (χ0n) is 15.9. The maximum atomic E-state index is 4.52. The highest BCUT2D eigenvalue weighted by Gasteiger charge is 2.43. The fourth-order valence-corrected chi connectivity index (χ4v) is 3.96. The Morgan fingerprint density at radius 2 is 2.00 bits per heavy atom. The van der Waals surface area contributed by atoms with Crippen LogP contribution >= 0.6 is 24.0 Å². The van der Waals surface area contributed by atoms with Crippen LogP contribution in [0.15, 0.2) is 35.3 Å². The van der Waals surface area contributed by atoms with E-state index in [0.717, 1.165) is 25.6 Å². The summed E-state index contributed by atoms with van der Waals surface area (Å²) in [7, 11) is 4.10. The SMILES string of the molecule is CN=C(NCC(C)N(C)Cc1ccccc1)N1CCC2(CCC2)C1.I. The number of aliphatic imine (C=N–C) groups is 1. The molecule has 0 bridgehead atoms. The van der Waals surface area contributed by atoms with Crippen molar-refractivity contribution in [2.24, 2.45) is 10.4 Å². The second kappa shape index (κ2) is 9.21. The van der Waals surface area contributed by atoms with Gasteiger partial charge in [-0.1, -0.05) is 36.8 Å². The molecule has 140 valence electrons. The highest BCUT2D eigenvalue weighted by Crippen LogP contribution is 2.47. The molecule has 1 N–H and O–H groups in total. The van der Waals surface area contributed by atoms with Crippen LogP contribution in [0.3, 0.4) is 0 Å². The highest BCUT2D eigenvalue weighted by molar-refractivity contribution is 14.0. The van der Waals surface area contributed by atoms with Crippen molar-refractivity contribution in [3.05, 3.63) is 35.9 Å². The number of hydrogen-bond donors (Lipinski definition) is 1. The van der Waals surface area contributed by atoms with Gasteiger partial charge in [-0.05, 0) is 44.2 Å². The van der Waals surface area contributed by atoms with Crippen LogP contribution in [0, 0.1) is 5.41 Å². The Morgan fingerprint density at radius 3 is 2.56 bits per heavy atom.